The molecular formula is C30H22ClN3O2S. The van der Waals surface area contributed by atoms with E-state index >= 15 is 0 Å². The molecule has 0 bridgehead atoms. The highest BCUT2D eigenvalue weighted by atomic mass is 35.5. The van der Waals surface area contributed by atoms with Gasteiger partial charge in [-0.25, -0.2) is 5.01 Å². The van der Waals surface area contributed by atoms with Crippen molar-refractivity contribution < 1.29 is 9.53 Å². The Morgan fingerprint density at radius 3 is 2.49 bits per heavy atom. The Morgan fingerprint density at radius 2 is 1.73 bits per heavy atom. The predicted molar refractivity (Wildman–Crippen MR) is 152 cm³/mol. The molecule has 0 aliphatic carbocycles. The van der Waals surface area contributed by atoms with Crippen molar-refractivity contribution in [3.63, 3.8) is 0 Å². The second-order valence-electron chi connectivity index (χ2n) is 8.81. The van der Waals surface area contributed by atoms with Crippen molar-refractivity contribution in [3.8, 4) is 5.75 Å². The molecule has 2 aliphatic heterocycles. The highest BCUT2D eigenvalue weighted by Gasteiger charge is 2.36. The van der Waals surface area contributed by atoms with Crippen molar-refractivity contribution in [1.82, 2.24) is 5.01 Å². The first kappa shape index (κ1) is 23.5. The zero-order chi connectivity index (χ0) is 25.4. The number of amidine groups is 1. The maximum atomic E-state index is 12.8. The van der Waals surface area contributed by atoms with E-state index in [0.717, 1.165) is 33.5 Å². The molecule has 7 heteroatoms. The zero-order valence-electron chi connectivity index (χ0n) is 20.0. The molecule has 6 rings (SSSR count). The molecule has 0 saturated carbocycles. The van der Waals surface area contributed by atoms with Gasteiger partial charge in [-0.2, -0.15) is 10.1 Å². The van der Waals surface area contributed by atoms with Gasteiger partial charge in [-0.1, -0.05) is 72.3 Å². The number of amides is 1. The van der Waals surface area contributed by atoms with Gasteiger partial charge >= 0.3 is 0 Å². The first-order valence-corrected chi connectivity index (χ1v) is 13.0. The van der Waals surface area contributed by atoms with E-state index in [4.69, 9.17) is 21.4 Å². The average molecular weight is 524 g/mol. The maximum Gasteiger partial charge on any atom is 0.286 e. The highest BCUT2D eigenvalue weighted by molar-refractivity contribution is 8.18. The lowest BCUT2D eigenvalue weighted by molar-refractivity contribution is -0.113. The van der Waals surface area contributed by atoms with Gasteiger partial charge in [0, 0.05) is 11.4 Å². The molecule has 2 aliphatic rings. The number of ether oxygens (including phenoxy) is 1. The van der Waals surface area contributed by atoms with Gasteiger partial charge in [0.15, 0.2) is 5.17 Å². The van der Waals surface area contributed by atoms with Crippen LogP contribution in [0.4, 0.5) is 0 Å². The number of hydrogen-bond acceptors (Lipinski definition) is 5. The Labute approximate surface area is 224 Å². The van der Waals surface area contributed by atoms with E-state index in [1.165, 1.54) is 17.1 Å². The molecule has 1 unspecified atom stereocenters. The number of thioether (sulfide) groups is 1. The van der Waals surface area contributed by atoms with Crippen LogP contribution in [-0.2, 0) is 4.79 Å². The number of hydrazone groups is 1. The van der Waals surface area contributed by atoms with Crippen molar-refractivity contribution in [1.29, 1.82) is 0 Å². The Hall–Kier alpha value is -3.87. The van der Waals surface area contributed by atoms with Crippen molar-refractivity contribution in [2.45, 2.75) is 12.5 Å². The van der Waals surface area contributed by atoms with Gasteiger partial charge in [0.25, 0.3) is 5.91 Å². The quantitative estimate of drug-likeness (QED) is 0.263. The number of fused-ring (bicyclic) bond motifs is 1. The van der Waals surface area contributed by atoms with Gasteiger partial charge in [0.2, 0.25) is 0 Å². The average Bonchev–Trinajstić information content (AvgIpc) is 3.53. The van der Waals surface area contributed by atoms with Crippen LogP contribution in [0.1, 0.15) is 29.2 Å². The molecule has 5 nitrogen and oxygen atoms in total. The van der Waals surface area contributed by atoms with Crippen molar-refractivity contribution in [3.05, 3.63) is 118 Å². The minimum absolute atomic E-state index is 0.0960. The number of benzene rings is 4. The highest BCUT2D eigenvalue weighted by Crippen LogP contribution is 2.40. The molecule has 37 heavy (non-hydrogen) atoms. The molecular weight excluding hydrogens is 502 g/mol. The maximum absolute atomic E-state index is 12.8. The van der Waals surface area contributed by atoms with Crippen LogP contribution < -0.4 is 4.74 Å². The molecule has 2 heterocycles. The van der Waals surface area contributed by atoms with Crippen LogP contribution in [-0.4, -0.2) is 28.9 Å². The minimum Gasteiger partial charge on any atom is -0.497 e. The van der Waals surface area contributed by atoms with E-state index in [1.807, 2.05) is 59.6 Å². The molecule has 0 radical (unpaired) electrons. The third-order valence-corrected chi connectivity index (χ3v) is 7.69. The Morgan fingerprint density at radius 1 is 0.973 bits per heavy atom. The number of carbonyl (C=O) groups is 1. The van der Waals surface area contributed by atoms with E-state index in [9.17, 15) is 4.79 Å². The zero-order valence-corrected chi connectivity index (χ0v) is 21.5. The number of carbonyl (C=O) groups excluding carboxylic acids is 1. The summed E-state index contributed by atoms with van der Waals surface area (Å²) in [6, 6.07) is 30.0. The second-order valence-corrected chi connectivity index (χ2v) is 10.3. The van der Waals surface area contributed by atoms with Crippen LogP contribution in [0.25, 0.3) is 16.8 Å². The number of aliphatic imine (C=N–C) groups is 1. The number of nitrogens with zero attached hydrogens (tertiary/aromatic N) is 3. The van der Waals surface area contributed by atoms with E-state index in [1.54, 1.807) is 19.2 Å². The summed E-state index contributed by atoms with van der Waals surface area (Å²) in [4.78, 5) is 17.8. The fourth-order valence-electron chi connectivity index (χ4n) is 4.52. The molecule has 4 aromatic rings. The third kappa shape index (κ3) is 4.78. The SMILES string of the molecule is COc1ccc(C2CC(c3ccc4ccccc4c3)=NN2C2=NC(=O)/C(=C/c3ccc(Cl)cc3)S2)cc1. The van der Waals surface area contributed by atoms with Crippen LogP contribution in [0.2, 0.25) is 5.02 Å². The lowest BCUT2D eigenvalue weighted by Crippen LogP contribution is -2.23. The Balaban J connectivity index is 1.35. The van der Waals surface area contributed by atoms with Gasteiger partial charge in [-0.05, 0) is 75.6 Å². The molecule has 0 N–H and O–H groups in total. The lowest BCUT2D eigenvalue weighted by Gasteiger charge is -2.22. The fraction of sp³-hybridized carbons (Fsp3) is 0.100. The Bertz CT molecular complexity index is 1590. The summed E-state index contributed by atoms with van der Waals surface area (Å²) in [6.07, 6.45) is 2.53. The van der Waals surface area contributed by atoms with Gasteiger partial charge in [0.05, 0.1) is 23.8 Å². The van der Waals surface area contributed by atoms with Crippen LogP contribution in [0.5, 0.6) is 5.75 Å². The smallest absolute Gasteiger partial charge is 0.286 e. The van der Waals surface area contributed by atoms with E-state index in [-0.39, 0.29) is 11.9 Å². The summed E-state index contributed by atoms with van der Waals surface area (Å²) in [5, 5.41) is 10.5. The Kier molecular flexibility index (Phi) is 6.28. The molecule has 4 aromatic carbocycles. The number of halogens is 1. The molecule has 0 fully saturated rings. The van der Waals surface area contributed by atoms with Gasteiger partial charge in [0.1, 0.15) is 5.75 Å². The summed E-state index contributed by atoms with van der Waals surface area (Å²) in [5.74, 6) is 0.526. The summed E-state index contributed by atoms with van der Waals surface area (Å²) >= 11 is 7.35. The van der Waals surface area contributed by atoms with Crippen molar-refractivity contribution in [2.75, 3.05) is 7.11 Å². The standard InChI is InChI=1S/C30H22ClN3O2S/c1-36-25-14-10-21(11-15-25)27-18-26(23-9-8-20-4-2-3-5-22(20)17-23)33-34(27)30-32-29(35)28(37-30)16-19-6-12-24(31)13-7-19/h2-17,27H,18H2,1H3/b28-16-. The number of methoxy groups -OCH3 is 1. The largest absolute Gasteiger partial charge is 0.497 e. The normalized spacial score (nSPS) is 18.4. The summed E-state index contributed by atoms with van der Waals surface area (Å²) in [7, 11) is 1.65. The van der Waals surface area contributed by atoms with E-state index in [0.29, 0.717) is 21.5 Å². The fourth-order valence-corrected chi connectivity index (χ4v) is 5.56. The van der Waals surface area contributed by atoms with Gasteiger partial charge < -0.3 is 4.74 Å². The van der Waals surface area contributed by atoms with Crippen LogP contribution >= 0.6 is 23.4 Å². The number of hydrogen-bond donors (Lipinski definition) is 0. The first-order chi connectivity index (χ1) is 18.1. The molecule has 182 valence electrons. The van der Waals surface area contributed by atoms with E-state index in [2.05, 4.69) is 35.3 Å². The summed E-state index contributed by atoms with van der Waals surface area (Å²) in [6.45, 7) is 0. The van der Waals surface area contributed by atoms with Gasteiger partial charge in [-0.15, -0.1) is 0 Å². The summed E-state index contributed by atoms with van der Waals surface area (Å²) < 4.78 is 5.35. The lowest BCUT2D eigenvalue weighted by atomic mass is 9.97. The summed E-state index contributed by atoms with van der Waals surface area (Å²) in [5.41, 5.74) is 3.99. The topological polar surface area (TPSA) is 54.3 Å². The van der Waals surface area contributed by atoms with Crippen LogP contribution in [0.3, 0.4) is 0 Å². The number of rotatable bonds is 4. The van der Waals surface area contributed by atoms with Crippen LogP contribution in [0.15, 0.2) is 106 Å². The minimum atomic E-state index is -0.266. The molecule has 0 saturated heterocycles. The predicted octanol–water partition coefficient (Wildman–Crippen LogP) is 7.32. The van der Waals surface area contributed by atoms with Crippen LogP contribution in [0, 0.1) is 0 Å². The molecule has 1 atom stereocenters. The van der Waals surface area contributed by atoms with E-state index < -0.39 is 0 Å². The van der Waals surface area contributed by atoms with Crippen molar-refractivity contribution >= 4 is 57.0 Å². The van der Waals surface area contributed by atoms with Crippen molar-refractivity contribution in [2.24, 2.45) is 10.1 Å². The molecule has 1 amide bonds. The molecule has 0 spiro atoms. The monoisotopic (exact) mass is 523 g/mol. The van der Waals surface area contributed by atoms with Gasteiger partial charge in [-0.3, -0.25) is 4.79 Å². The third-order valence-electron chi connectivity index (χ3n) is 6.47. The molecule has 0 aromatic heterocycles. The second kappa shape index (κ2) is 9.88. The first-order valence-electron chi connectivity index (χ1n) is 11.9.